The molecule has 0 radical (unpaired) electrons. The number of hydrogen-bond donors (Lipinski definition) is 2. The zero-order chi connectivity index (χ0) is 14.5. The first-order valence-electron chi connectivity index (χ1n) is 7.12. The fraction of sp³-hybridized carbons (Fsp3) is 0.467. The van der Waals surface area contributed by atoms with Crippen molar-refractivity contribution >= 4 is 23.1 Å². The molecule has 0 aromatic carbocycles. The Hall–Kier alpha value is -0.950. The summed E-state index contributed by atoms with van der Waals surface area (Å²) in [4.78, 5) is 9.90. The summed E-state index contributed by atoms with van der Waals surface area (Å²) in [5, 5.41) is 14.7. The molecule has 2 N–H and O–H groups in total. The molecule has 0 aliphatic carbocycles. The van der Waals surface area contributed by atoms with E-state index in [1.165, 1.54) is 4.88 Å². The average Bonchev–Trinajstić information content (AvgIpc) is 2.98. The van der Waals surface area contributed by atoms with Gasteiger partial charge in [-0.05, 0) is 36.5 Å². The van der Waals surface area contributed by atoms with Gasteiger partial charge in [-0.2, -0.15) is 11.8 Å². The number of aromatic nitrogens is 2. The molecule has 0 saturated carbocycles. The van der Waals surface area contributed by atoms with Crippen LogP contribution in [0.4, 0.5) is 0 Å². The minimum atomic E-state index is -0.528. The second-order valence-electron chi connectivity index (χ2n) is 5.29. The molecule has 1 fully saturated rings. The molecule has 1 aliphatic rings. The van der Waals surface area contributed by atoms with E-state index >= 15 is 0 Å². The summed E-state index contributed by atoms with van der Waals surface area (Å²) in [6.45, 7) is 1.41. The molecular formula is C15H19N3OS2. The maximum absolute atomic E-state index is 10.4. The molecule has 2 aromatic rings. The third-order valence-electron chi connectivity index (χ3n) is 3.61. The Bertz CT molecular complexity index is 567. The molecular weight excluding hydrogens is 302 g/mol. The van der Waals surface area contributed by atoms with Gasteiger partial charge in [0.1, 0.15) is 5.01 Å². The Kier molecular flexibility index (Phi) is 4.90. The van der Waals surface area contributed by atoms with E-state index in [-0.39, 0.29) is 0 Å². The van der Waals surface area contributed by atoms with Crippen LogP contribution in [0.25, 0.3) is 10.7 Å². The second kappa shape index (κ2) is 6.87. The van der Waals surface area contributed by atoms with Crippen LogP contribution < -0.4 is 5.32 Å². The van der Waals surface area contributed by atoms with E-state index in [1.807, 2.05) is 36.2 Å². The highest BCUT2D eigenvalue weighted by molar-refractivity contribution is 7.99. The van der Waals surface area contributed by atoms with Gasteiger partial charge in [0.05, 0.1) is 11.3 Å². The van der Waals surface area contributed by atoms with E-state index in [2.05, 4.69) is 15.3 Å². The predicted molar refractivity (Wildman–Crippen MR) is 88.6 cm³/mol. The number of rotatable bonds is 5. The van der Waals surface area contributed by atoms with Crippen LogP contribution in [-0.2, 0) is 6.54 Å². The largest absolute Gasteiger partial charge is 0.389 e. The quantitative estimate of drug-likeness (QED) is 0.886. The van der Waals surface area contributed by atoms with Gasteiger partial charge in [-0.25, -0.2) is 4.98 Å². The molecule has 3 rings (SSSR count). The fourth-order valence-corrected chi connectivity index (χ4v) is 4.45. The Balaban J connectivity index is 1.53. The van der Waals surface area contributed by atoms with E-state index in [9.17, 15) is 5.11 Å². The third kappa shape index (κ3) is 4.03. The van der Waals surface area contributed by atoms with Crippen molar-refractivity contribution in [3.05, 3.63) is 35.5 Å². The normalized spacial score (nSPS) is 17.8. The van der Waals surface area contributed by atoms with Crippen LogP contribution in [0.3, 0.4) is 0 Å². The summed E-state index contributed by atoms with van der Waals surface area (Å²) in [6, 6.07) is 5.85. The Morgan fingerprint density at radius 2 is 2.10 bits per heavy atom. The van der Waals surface area contributed by atoms with Crippen molar-refractivity contribution in [2.45, 2.75) is 25.0 Å². The second-order valence-corrected chi connectivity index (χ2v) is 7.63. The molecule has 0 amide bonds. The number of pyridine rings is 1. The van der Waals surface area contributed by atoms with Crippen molar-refractivity contribution in [2.24, 2.45) is 0 Å². The van der Waals surface area contributed by atoms with Crippen molar-refractivity contribution in [1.29, 1.82) is 0 Å². The molecule has 4 nitrogen and oxygen atoms in total. The van der Waals surface area contributed by atoms with Crippen molar-refractivity contribution in [3.63, 3.8) is 0 Å². The van der Waals surface area contributed by atoms with Gasteiger partial charge in [0.25, 0.3) is 0 Å². The average molecular weight is 321 g/mol. The first kappa shape index (κ1) is 15.0. The maximum Gasteiger partial charge on any atom is 0.142 e. The third-order valence-corrected chi connectivity index (χ3v) is 5.62. The minimum absolute atomic E-state index is 0.528. The van der Waals surface area contributed by atoms with E-state index in [0.717, 1.165) is 41.6 Å². The first-order valence-corrected chi connectivity index (χ1v) is 9.09. The van der Waals surface area contributed by atoms with Crippen molar-refractivity contribution in [2.75, 3.05) is 18.1 Å². The lowest BCUT2D eigenvalue weighted by Gasteiger charge is -2.31. The fourth-order valence-electron chi connectivity index (χ4n) is 2.34. The highest BCUT2D eigenvalue weighted by Gasteiger charge is 2.28. The van der Waals surface area contributed by atoms with Crippen molar-refractivity contribution in [1.82, 2.24) is 15.3 Å². The van der Waals surface area contributed by atoms with Crippen LogP contribution in [-0.4, -0.2) is 38.7 Å². The number of hydrogen-bond acceptors (Lipinski definition) is 6. The minimum Gasteiger partial charge on any atom is -0.389 e. The zero-order valence-corrected chi connectivity index (χ0v) is 13.4. The van der Waals surface area contributed by atoms with E-state index in [1.54, 1.807) is 17.5 Å². The van der Waals surface area contributed by atoms with Crippen LogP contribution in [0.1, 0.15) is 17.7 Å². The molecule has 0 atom stereocenters. The first-order chi connectivity index (χ1) is 10.3. The summed E-state index contributed by atoms with van der Waals surface area (Å²) in [5.41, 5.74) is 0.386. The highest BCUT2D eigenvalue weighted by Crippen LogP contribution is 2.27. The molecule has 6 heteroatoms. The molecule has 0 spiro atoms. The predicted octanol–water partition coefficient (Wildman–Crippen LogP) is 2.55. The number of thioether (sulfide) groups is 1. The van der Waals surface area contributed by atoms with Gasteiger partial charge in [0.15, 0.2) is 0 Å². The van der Waals surface area contributed by atoms with Gasteiger partial charge < -0.3 is 10.4 Å². The molecule has 3 heterocycles. The molecule has 2 aromatic heterocycles. The molecule has 0 unspecified atom stereocenters. The SMILES string of the molecule is OC1(CNCc2cnc(-c3ccccn3)s2)CCSCC1. The number of aliphatic hydroxyl groups is 1. The molecule has 0 bridgehead atoms. The van der Waals surface area contributed by atoms with Crippen LogP contribution in [0.5, 0.6) is 0 Å². The van der Waals surface area contributed by atoms with Crippen molar-refractivity contribution < 1.29 is 5.11 Å². The van der Waals surface area contributed by atoms with Gasteiger partial charge in [0, 0.05) is 30.4 Å². The molecule has 21 heavy (non-hydrogen) atoms. The smallest absolute Gasteiger partial charge is 0.142 e. The van der Waals surface area contributed by atoms with Gasteiger partial charge in [0.2, 0.25) is 0 Å². The summed E-state index contributed by atoms with van der Waals surface area (Å²) in [5.74, 6) is 2.12. The standard InChI is InChI=1S/C15H19N3OS2/c19-15(4-7-20-8-5-15)11-16-9-12-10-18-14(21-12)13-3-1-2-6-17-13/h1-3,6,10,16,19H,4-5,7-9,11H2. The topological polar surface area (TPSA) is 58.0 Å². The summed E-state index contributed by atoms with van der Waals surface area (Å²) in [7, 11) is 0. The van der Waals surface area contributed by atoms with Crippen LogP contribution in [0.15, 0.2) is 30.6 Å². The van der Waals surface area contributed by atoms with Gasteiger partial charge >= 0.3 is 0 Å². The van der Waals surface area contributed by atoms with Crippen LogP contribution in [0.2, 0.25) is 0 Å². The van der Waals surface area contributed by atoms with E-state index < -0.39 is 5.60 Å². The van der Waals surface area contributed by atoms with Gasteiger partial charge in [-0.3, -0.25) is 4.98 Å². The Morgan fingerprint density at radius 3 is 2.86 bits per heavy atom. The summed E-state index contributed by atoms with van der Waals surface area (Å²) in [6.07, 6.45) is 5.44. The number of nitrogens with zero attached hydrogens (tertiary/aromatic N) is 2. The van der Waals surface area contributed by atoms with Gasteiger partial charge in [-0.1, -0.05) is 6.07 Å². The Morgan fingerprint density at radius 1 is 1.24 bits per heavy atom. The lowest BCUT2D eigenvalue weighted by atomic mass is 9.97. The molecule has 1 aliphatic heterocycles. The lowest BCUT2D eigenvalue weighted by molar-refractivity contribution is 0.0321. The highest BCUT2D eigenvalue weighted by atomic mass is 32.2. The Labute approximate surface area is 133 Å². The lowest BCUT2D eigenvalue weighted by Crippen LogP contribution is -2.43. The van der Waals surface area contributed by atoms with Crippen molar-refractivity contribution in [3.8, 4) is 10.7 Å². The van der Waals surface area contributed by atoms with Crippen LogP contribution >= 0.6 is 23.1 Å². The number of thiazole rings is 1. The number of nitrogens with one attached hydrogen (secondary N) is 1. The molecule has 112 valence electrons. The van der Waals surface area contributed by atoms with Gasteiger partial charge in [-0.15, -0.1) is 11.3 Å². The summed E-state index contributed by atoms with van der Waals surface area (Å²) < 4.78 is 0. The maximum atomic E-state index is 10.4. The van der Waals surface area contributed by atoms with E-state index in [4.69, 9.17) is 0 Å². The monoisotopic (exact) mass is 321 g/mol. The zero-order valence-electron chi connectivity index (χ0n) is 11.8. The molecule has 1 saturated heterocycles. The van der Waals surface area contributed by atoms with E-state index in [0.29, 0.717) is 6.54 Å². The van der Waals surface area contributed by atoms with Crippen LogP contribution in [0, 0.1) is 0 Å². The summed E-state index contributed by atoms with van der Waals surface area (Å²) >= 11 is 3.57.